The van der Waals surface area contributed by atoms with E-state index in [9.17, 15) is 9.59 Å². The van der Waals surface area contributed by atoms with Crippen LogP contribution < -0.4 is 10.6 Å². The summed E-state index contributed by atoms with van der Waals surface area (Å²) in [4.78, 5) is 24.9. The summed E-state index contributed by atoms with van der Waals surface area (Å²) in [5.74, 6) is 1.34. The molecule has 1 saturated carbocycles. The van der Waals surface area contributed by atoms with Gasteiger partial charge in [0.25, 0.3) is 0 Å². The molecule has 7 nitrogen and oxygen atoms in total. The summed E-state index contributed by atoms with van der Waals surface area (Å²) < 4.78 is 1.90. The second-order valence-electron chi connectivity index (χ2n) is 7.91. The minimum atomic E-state index is -0.132. The van der Waals surface area contributed by atoms with Crippen molar-refractivity contribution in [1.29, 1.82) is 0 Å². The van der Waals surface area contributed by atoms with E-state index in [0.29, 0.717) is 29.2 Å². The van der Waals surface area contributed by atoms with Crippen molar-refractivity contribution in [2.24, 2.45) is 5.92 Å². The molecule has 3 rings (SSSR count). The number of para-hydroxylation sites is 1. The molecular weight excluding hydrogens is 398 g/mol. The zero-order valence-electron chi connectivity index (χ0n) is 18.0. The van der Waals surface area contributed by atoms with E-state index in [1.807, 2.05) is 42.7 Å². The second kappa shape index (κ2) is 10.6. The number of aryl methyl sites for hydroxylation is 1. The van der Waals surface area contributed by atoms with Gasteiger partial charge in [-0.15, -0.1) is 10.2 Å². The molecule has 2 amide bonds. The molecule has 0 spiro atoms. The molecule has 0 saturated heterocycles. The average Bonchev–Trinajstić information content (AvgIpc) is 3.11. The zero-order valence-corrected chi connectivity index (χ0v) is 18.8. The first-order chi connectivity index (χ1) is 14.5. The Balaban J connectivity index is 1.55. The number of carbonyl (C=O) groups excluding carboxylic acids is 2. The molecule has 162 valence electrons. The van der Waals surface area contributed by atoms with Crippen LogP contribution in [0.1, 0.15) is 50.9 Å². The standard InChI is InChI=1S/C22H31N5O2S/c1-4-27-19(13-20(28)23-17-11-7-5-9-15(17)2)25-26-22(27)30-14-21(29)24-18-12-8-6-10-16(18)3/h5,7,9,11,16,18H,4,6,8,10,12-14H2,1-3H3,(H,23,28)(H,24,29)/t16-,18-/m0/s1. The number of aromatic nitrogens is 3. The Kier molecular flexibility index (Phi) is 7.90. The molecule has 1 aromatic carbocycles. The van der Waals surface area contributed by atoms with Gasteiger partial charge in [-0.2, -0.15) is 0 Å². The molecule has 0 unspecified atom stereocenters. The molecule has 0 bridgehead atoms. The Bertz CT molecular complexity index is 882. The highest BCUT2D eigenvalue weighted by Gasteiger charge is 2.23. The van der Waals surface area contributed by atoms with Crippen LogP contribution in [0, 0.1) is 12.8 Å². The van der Waals surface area contributed by atoms with Gasteiger partial charge in [-0.05, 0) is 44.2 Å². The van der Waals surface area contributed by atoms with Gasteiger partial charge < -0.3 is 15.2 Å². The normalized spacial score (nSPS) is 18.8. The van der Waals surface area contributed by atoms with Crippen molar-refractivity contribution in [3.8, 4) is 0 Å². The number of thioether (sulfide) groups is 1. The smallest absolute Gasteiger partial charge is 0.232 e. The number of benzene rings is 1. The Morgan fingerprint density at radius 3 is 2.67 bits per heavy atom. The predicted molar refractivity (Wildman–Crippen MR) is 119 cm³/mol. The van der Waals surface area contributed by atoms with E-state index in [4.69, 9.17) is 0 Å². The molecule has 0 aliphatic heterocycles. The van der Waals surface area contributed by atoms with Crippen LogP contribution in [0.2, 0.25) is 0 Å². The van der Waals surface area contributed by atoms with Crippen molar-refractivity contribution in [3.63, 3.8) is 0 Å². The third-order valence-electron chi connectivity index (χ3n) is 5.64. The molecule has 2 N–H and O–H groups in total. The quantitative estimate of drug-likeness (QED) is 0.626. The summed E-state index contributed by atoms with van der Waals surface area (Å²) in [6, 6.07) is 7.94. The Labute approximate surface area is 182 Å². The van der Waals surface area contributed by atoms with Crippen molar-refractivity contribution in [1.82, 2.24) is 20.1 Å². The summed E-state index contributed by atoms with van der Waals surface area (Å²) in [5, 5.41) is 15.2. The first kappa shape index (κ1) is 22.3. The molecule has 1 aromatic heterocycles. The first-order valence-corrected chi connectivity index (χ1v) is 11.7. The number of nitrogens with zero attached hydrogens (tertiary/aromatic N) is 3. The Morgan fingerprint density at radius 2 is 1.93 bits per heavy atom. The lowest BCUT2D eigenvalue weighted by molar-refractivity contribution is -0.120. The van der Waals surface area contributed by atoms with E-state index in [1.54, 1.807) is 0 Å². The lowest BCUT2D eigenvalue weighted by Gasteiger charge is -2.29. The molecule has 2 atom stereocenters. The van der Waals surface area contributed by atoms with Crippen molar-refractivity contribution in [2.45, 2.75) is 70.6 Å². The SMILES string of the molecule is CCn1c(CC(=O)Nc2ccccc2C)nnc1SCC(=O)N[C@H]1CCCC[C@@H]1C. The lowest BCUT2D eigenvalue weighted by atomic mass is 9.86. The number of hydrogen-bond donors (Lipinski definition) is 2. The highest BCUT2D eigenvalue weighted by molar-refractivity contribution is 7.99. The van der Waals surface area contributed by atoms with E-state index < -0.39 is 0 Å². The highest BCUT2D eigenvalue weighted by Crippen LogP contribution is 2.24. The van der Waals surface area contributed by atoms with Gasteiger partial charge in [0.2, 0.25) is 11.8 Å². The summed E-state index contributed by atoms with van der Waals surface area (Å²) >= 11 is 1.37. The Morgan fingerprint density at radius 1 is 1.17 bits per heavy atom. The van der Waals surface area contributed by atoms with E-state index in [1.165, 1.54) is 31.0 Å². The van der Waals surface area contributed by atoms with Crippen LogP contribution >= 0.6 is 11.8 Å². The van der Waals surface area contributed by atoms with Gasteiger partial charge in [0.05, 0.1) is 12.2 Å². The van der Waals surface area contributed by atoms with Crippen LogP contribution in [0.5, 0.6) is 0 Å². The zero-order chi connectivity index (χ0) is 21.5. The minimum absolute atomic E-state index is 0.0308. The first-order valence-electron chi connectivity index (χ1n) is 10.7. The molecule has 1 aliphatic carbocycles. The number of nitrogens with one attached hydrogen (secondary N) is 2. The van der Waals surface area contributed by atoms with Crippen LogP contribution in [-0.2, 0) is 22.6 Å². The molecular formula is C22H31N5O2S. The fourth-order valence-corrected chi connectivity index (χ4v) is 4.67. The maximum Gasteiger partial charge on any atom is 0.232 e. The maximum atomic E-state index is 12.5. The van der Waals surface area contributed by atoms with Crippen molar-refractivity contribution < 1.29 is 9.59 Å². The molecule has 1 heterocycles. The van der Waals surface area contributed by atoms with Crippen molar-refractivity contribution in [3.05, 3.63) is 35.7 Å². The third kappa shape index (κ3) is 5.84. The fourth-order valence-electron chi connectivity index (χ4n) is 3.83. The summed E-state index contributed by atoms with van der Waals surface area (Å²) in [6.07, 6.45) is 4.81. The molecule has 0 radical (unpaired) electrons. The molecule has 30 heavy (non-hydrogen) atoms. The topological polar surface area (TPSA) is 88.9 Å². The number of rotatable bonds is 8. The fraction of sp³-hybridized carbons (Fsp3) is 0.545. The van der Waals surface area contributed by atoms with Crippen LogP contribution in [0.15, 0.2) is 29.4 Å². The van der Waals surface area contributed by atoms with Gasteiger partial charge >= 0.3 is 0 Å². The minimum Gasteiger partial charge on any atom is -0.352 e. The largest absolute Gasteiger partial charge is 0.352 e. The summed E-state index contributed by atoms with van der Waals surface area (Å²) in [6.45, 7) is 6.79. The monoisotopic (exact) mass is 429 g/mol. The summed E-state index contributed by atoms with van der Waals surface area (Å²) in [7, 11) is 0. The van der Waals surface area contributed by atoms with Crippen molar-refractivity contribution in [2.75, 3.05) is 11.1 Å². The average molecular weight is 430 g/mol. The number of amides is 2. The van der Waals surface area contributed by atoms with E-state index in [2.05, 4.69) is 27.8 Å². The second-order valence-corrected chi connectivity index (χ2v) is 8.85. The number of hydrogen-bond acceptors (Lipinski definition) is 5. The maximum absolute atomic E-state index is 12.5. The van der Waals surface area contributed by atoms with Gasteiger partial charge in [0.1, 0.15) is 5.82 Å². The Hall–Kier alpha value is -2.35. The number of carbonyl (C=O) groups is 2. The van der Waals surface area contributed by atoms with E-state index in [0.717, 1.165) is 17.7 Å². The van der Waals surface area contributed by atoms with E-state index >= 15 is 0 Å². The van der Waals surface area contributed by atoms with Crippen LogP contribution in [-0.4, -0.2) is 38.4 Å². The van der Waals surface area contributed by atoms with Gasteiger partial charge in [-0.1, -0.05) is 49.7 Å². The van der Waals surface area contributed by atoms with Gasteiger partial charge in [0, 0.05) is 18.3 Å². The number of anilines is 1. The van der Waals surface area contributed by atoms with Gasteiger partial charge in [-0.3, -0.25) is 9.59 Å². The highest BCUT2D eigenvalue weighted by atomic mass is 32.2. The predicted octanol–water partition coefficient (Wildman–Crippen LogP) is 3.57. The van der Waals surface area contributed by atoms with Crippen LogP contribution in [0.25, 0.3) is 0 Å². The van der Waals surface area contributed by atoms with Crippen molar-refractivity contribution >= 4 is 29.3 Å². The lowest BCUT2D eigenvalue weighted by Crippen LogP contribution is -2.41. The van der Waals surface area contributed by atoms with Crippen LogP contribution in [0.4, 0.5) is 5.69 Å². The molecule has 1 aliphatic rings. The van der Waals surface area contributed by atoms with Gasteiger partial charge in [0.15, 0.2) is 5.16 Å². The van der Waals surface area contributed by atoms with Crippen LogP contribution in [0.3, 0.4) is 0 Å². The molecule has 1 fully saturated rings. The molecule has 8 heteroatoms. The molecule has 2 aromatic rings. The summed E-state index contributed by atoms with van der Waals surface area (Å²) in [5.41, 5.74) is 1.81. The van der Waals surface area contributed by atoms with Gasteiger partial charge in [-0.25, -0.2) is 0 Å². The van der Waals surface area contributed by atoms with E-state index in [-0.39, 0.29) is 24.3 Å². The third-order valence-corrected chi connectivity index (χ3v) is 6.60.